The summed E-state index contributed by atoms with van der Waals surface area (Å²) < 4.78 is 4.26. The average Bonchev–Trinajstić information content (AvgIpc) is 1.87. The normalized spacial score (nSPS) is 12.8. The minimum Gasteiger partial charge on any atom is -0.467 e. The van der Waals surface area contributed by atoms with Gasteiger partial charge in [-0.1, -0.05) is 0 Å². The van der Waals surface area contributed by atoms with Crippen molar-refractivity contribution >= 4 is 17.7 Å². The summed E-state index contributed by atoms with van der Waals surface area (Å²) in [5.74, 6) is -0.170. The van der Waals surface area contributed by atoms with Crippen LogP contribution in [0.5, 0.6) is 0 Å². The molecule has 4 heteroatoms. The lowest BCUT2D eigenvalue weighted by Crippen LogP contribution is -2.23. The summed E-state index contributed by atoms with van der Waals surface area (Å²) >= 11 is 1.40. The Bertz CT molecular complexity index is 94.2. The van der Waals surface area contributed by atoms with Gasteiger partial charge in [-0.25, -0.2) is 4.79 Å². The Kier molecular flexibility index (Phi) is 4.53. The maximum Gasteiger partial charge on any atom is 0.335 e. The van der Waals surface area contributed by atoms with Crippen molar-refractivity contribution in [1.82, 2.24) is 0 Å². The average molecular weight is 150 g/mol. The largest absolute Gasteiger partial charge is 0.467 e. The topological polar surface area (TPSA) is 46.5 Å². The lowest BCUT2D eigenvalue weighted by Gasteiger charge is -2.04. The summed E-state index contributed by atoms with van der Waals surface area (Å²) in [4.78, 5) is 10.4. The number of ether oxygens (including phenoxy) is 1. The number of hydrogen-bond acceptors (Lipinski definition) is 4. The zero-order valence-electron chi connectivity index (χ0n) is 5.46. The number of thioether (sulfide) groups is 1. The Morgan fingerprint density at radius 2 is 2.44 bits per heavy atom. The van der Waals surface area contributed by atoms with Gasteiger partial charge in [0.2, 0.25) is 0 Å². The van der Waals surface area contributed by atoms with Crippen LogP contribution in [0, 0.1) is 0 Å². The van der Waals surface area contributed by atoms with Crippen LogP contribution in [0.2, 0.25) is 0 Å². The van der Waals surface area contributed by atoms with E-state index in [0.29, 0.717) is 5.75 Å². The third kappa shape index (κ3) is 3.37. The first-order valence-corrected chi connectivity index (χ1v) is 3.86. The smallest absolute Gasteiger partial charge is 0.335 e. The van der Waals surface area contributed by atoms with E-state index in [9.17, 15) is 4.79 Å². The molecule has 0 spiro atoms. The number of hydrogen-bond donors (Lipinski definition) is 1. The van der Waals surface area contributed by atoms with Crippen LogP contribution in [0.3, 0.4) is 0 Å². The zero-order valence-corrected chi connectivity index (χ0v) is 6.27. The quantitative estimate of drug-likeness (QED) is 0.570. The fraction of sp³-hybridized carbons (Fsp3) is 0.800. The predicted octanol–water partition coefficient (Wildman–Crippen LogP) is -0.117. The molecule has 0 saturated carbocycles. The van der Waals surface area contributed by atoms with Gasteiger partial charge in [0.25, 0.3) is 0 Å². The van der Waals surface area contributed by atoms with Gasteiger partial charge in [0.15, 0.2) is 6.10 Å². The molecule has 0 bridgehead atoms. The van der Waals surface area contributed by atoms with E-state index in [4.69, 9.17) is 5.11 Å². The summed E-state index contributed by atoms with van der Waals surface area (Å²) in [5.41, 5.74) is 0. The molecule has 0 aromatic heterocycles. The zero-order chi connectivity index (χ0) is 7.28. The standard InChI is InChI=1S/C5H10O3S/c1-8-5(7)4(6)3-9-2/h4,6H,3H2,1-2H3. The number of esters is 1. The molecule has 0 aliphatic rings. The molecular weight excluding hydrogens is 140 g/mol. The van der Waals surface area contributed by atoms with Crippen molar-refractivity contribution in [3.05, 3.63) is 0 Å². The van der Waals surface area contributed by atoms with Gasteiger partial charge in [0, 0.05) is 5.75 Å². The molecule has 3 nitrogen and oxygen atoms in total. The molecule has 1 atom stereocenters. The summed E-state index contributed by atoms with van der Waals surface area (Å²) in [7, 11) is 1.26. The lowest BCUT2D eigenvalue weighted by molar-refractivity contribution is -0.149. The minimum absolute atomic E-state index is 0.396. The summed E-state index contributed by atoms with van der Waals surface area (Å²) in [6.07, 6.45) is 0.844. The van der Waals surface area contributed by atoms with Gasteiger partial charge < -0.3 is 9.84 Å². The molecule has 0 radical (unpaired) electrons. The van der Waals surface area contributed by atoms with Gasteiger partial charge in [0.05, 0.1) is 7.11 Å². The monoisotopic (exact) mass is 150 g/mol. The Morgan fingerprint density at radius 1 is 1.89 bits per heavy atom. The fourth-order valence-corrected chi connectivity index (χ4v) is 0.814. The Balaban J connectivity index is 3.45. The number of rotatable bonds is 3. The van der Waals surface area contributed by atoms with Crippen LogP contribution in [-0.2, 0) is 9.53 Å². The highest BCUT2D eigenvalue weighted by atomic mass is 32.2. The first-order chi connectivity index (χ1) is 4.22. The molecule has 0 aromatic rings. The first-order valence-electron chi connectivity index (χ1n) is 2.47. The van der Waals surface area contributed by atoms with Gasteiger partial charge in [-0.15, -0.1) is 0 Å². The van der Waals surface area contributed by atoms with Crippen molar-refractivity contribution in [3.63, 3.8) is 0 Å². The SMILES string of the molecule is COC(=O)C(O)CSC. The summed E-state index contributed by atoms with van der Waals surface area (Å²) in [6, 6.07) is 0. The van der Waals surface area contributed by atoms with Crippen molar-refractivity contribution in [1.29, 1.82) is 0 Å². The second-order valence-electron chi connectivity index (χ2n) is 1.49. The highest BCUT2D eigenvalue weighted by Gasteiger charge is 2.12. The number of carbonyl (C=O) groups excluding carboxylic acids is 1. The van der Waals surface area contributed by atoms with Gasteiger partial charge in [-0.3, -0.25) is 0 Å². The molecule has 54 valence electrons. The number of aliphatic hydroxyl groups excluding tert-OH is 1. The van der Waals surface area contributed by atoms with E-state index in [-0.39, 0.29) is 0 Å². The fourth-order valence-electron chi connectivity index (χ4n) is 0.362. The maximum atomic E-state index is 10.4. The van der Waals surface area contributed by atoms with E-state index in [1.54, 1.807) is 0 Å². The molecule has 0 amide bonds. The predicted molar refractivity (Wildman–Crippen MR) is 36.4 cm³/mol. The Hall–Kier alpha value is -0.220. The van der Waals surface area contributed by atoms with Crippen molar-refractivity contribution in [2.75, 3.05) is 19.1 Å². The van der Waals surface area contributed by atoms with E-state index in [2.05, 4.69) is 4.74 Å². The van der Waals surface area contributed by atoms with E-state index in [1.807, 2.05) is 6.26 Å². The molecule has 0 aliphatic heterocycles. The van der Waals surface area contributed by atoms with Crippen LogP contribution in [-0.4, -0.2) is 36.3 Å². The van der Waals surface area contributed by atoms with Gasteiger partial charge in [-0.05, 0) is 6.26 Å². The number of aliphatic hydroxyl groups is 1. The van der Waals surface area contributed by atoms with E-state index >= 15 is 0 Å². The Morgan fingerprint density at radius 3 is 2.78 bits per heavy atom. The van der Waals surface area contributed by atoms with Crippen LogP contribution >= 0.6 is 11.8 Å². The molecule has 1 N–H and O–H groups in total. The van der Waals surface area contributed by atoms with Crippen LogP contribution in [0.25, 0.3) is 0 Å². The molecule has 0 fully saturated rings. The van der Waals surface area contributed by atoms with Crippen LogP contribution in [0.1, 0.15) is 0 Å². The summed E-state index contributed by atoms with van der Waals surface area (Å²) in [6.45, 7) is 0. The maximum absolute atomic E-state index is 10.4. The number of methoxy groups -OCH3 is 1. The molecule has 9 heavy (non-hydrogen) atoms. The van der Waals surface area contributed by atoms with Crippen molar-refractivity contribution < 1.29 is 14.6 Å². The van der Waals surface area contributed by atoms with E-state index < -0.39 is 12.1 Å². The highest BCUT2D eigenvalue weighted by molar-refractivity contribution is 7.98. The molecule has 0 aliphatic carbocycles. The van der Waals surface area contributed by atoms with Crippen molar-refractivity contribution in [2.24, 2.45) is 0 Å². The highest BCUT2D eigenvalue weighted by Crippen LogP contribution is 1.97. The second-order valence-corrected chi connectivity index (χ2v) is 2.40. The van der Waals surface area contributed by atoms with Crippen LogP contribution < -0.4 is 0 Å². The third-order valence-electron chi connectivity index (χ3n) is 0.798. The molecule has 0 aromatic carbocycles. The molecule has 1 unspecified atom stereocenters. The van der Waals surface area contributed by atoms with Crippen LogP contribution in [0.15, 0.2) is 0 Å². The molecule has 0 rings (SSSR count). The van der Waals surface area contributed by atoms with E-state index in [1.165, 1.54) is 18.9 Å². The molecule has 0 heterocycles. The van der Waals surface area contributed by atoms with Gasteiger partial charge in [0.1, 0.15) is 0 Å². The first kappa shape index (κ1) is 8.78. The van der Waals surface area contributed by atoms with Crippen molar-refractivity contribution in [3.8, 4) is 0 Å². The van der Waals surface area contributed by atoms with Gasteiger partial charge >= 0.3 is 5.97 Å². The van der Waals surface area contributed by atoms with Crippen LogP contribution in [0.4, 0.5) is 0 Å². The number of carbonyl (C=O) groups is 1. The lowest BCUT2D eigenvalue weighted by atomic mass is 10.4. The minimum atomic E-state index is -0.968. The van der Waals surface area contributed by atoms with E-state index in [0.717, 1.165) is 0 Å². The van der Waals surface area contributed by atoms with Gasteiger partial charge in [-0.2, -0.15) is 11.8 Å². The second kappa shape index (κ2) is 4.64. The summed E-state index contributed by atoms with van der Waals surface area (Å²) in [5, 5.41) is 8.82. The van der Waals surface area contributed by atoms with Crippen molar-refractivity contribution in [2.45, 2.75) is 6.10 Å². The third-order valence-corrected chi connectivity index (χ3v) is 1.45. The Labute approximate surface area is 58.4 Å². The molecular formula is C5H10O3S. The molecule has 0 saturated heterocycles.